The smallest absolute Gasteiger partial charge is 0.277 e. The molecule has 3 aromatic rings. The van der Waals surface area contributed by atoms with Gasteiger partial charge in [-0.3, -0.25) is 14.4 Å². The lowest BCUT2D eigenvalue weighted by Gasteiger charge is -2.09. The Bertz CT molecular complexity index is 1230. The molecule has 168 valence electrons. The van der Waals surface area contributed by atoms with Gasteiger partial charge in [0.1, 0.15) is 9.88 Å². The Morgan fingerprint density at radius 3 is 2.38 bits per heavy atom. The highest BCUT2D eigenvalue weighted by atomic mass is 32.1. The number of carbonyl (C=O) groups excluding carboxylic acids is 2. The molecule has 2 heterocycles. The number of nitrogens with one attached hydrogen (secondary N) is 2. The highest BCUT2D eigenvalue weighted by molar-refractivity contribution is 7.17. The van der Waals surface area contributed by atoms with Crippen LogP contribution in [0.2, 0.25) is 0 Å². The average molecular weight is 454 g/mol. The third-order valence-electron chi connectivity index (χ3n) is 4.97. The van der Waals surface area contributed by atoms with Gasteiger partial charge in [-0.2, -0.15) is 5.10 Å². The van der Waals surface area contributed by atoms with Crippen LogP contribution < -0.4 is 16.2 Å². The third-order valence-corrected chi connectivity index (χ3v) is 6.14. The van der Waals surface area contributed by atoms with Crippen molar-refractivity contribution in [3.63, 3.8) is 0 Å². The molecule has 2 amide bonds. The fourth-order valence-corrected chi connectivity index (χ4v) is 4.32. The highest BCUT2D eigenvalue weighted by Gasteiger charge is 2.21. The molecule has 8 nitrogen and oxygen atoms in total. The van der Waals surface area contributed by atoms with Crippen LogP contribution in [0.15, 0.2) is 29.1 Å². The zero-order valence-corrected chi connectivity index (χ0v) is 19.9. The molecule has 9 heteroatoms. The summed E-state index contributed by atoms with van der Waals surface area (Å²) in [5.74, 6) is -0.339. The minimum Gasteiger partial charge on any atom is -0.354 e. The standard InChI is InChI=1S/C23H27N5O3S/c1-12(2)24-18(29)11-16-7-9-17(10-8-16)26-21(30)20-15(5)25-22(32-20)19-13(3)14(4)27-28(6)23(19)31/h7-10,12H,11H2,1-6H3,(H,24,29)(H,26,30). The Hall–Kier alpha value is -3.33. The van der Waals surface area contributed by atoms with Gasteiger partial charge in [0.25, 0.3) is 11.5 Å². The first-order chi connectivity index (χ1) is 15.1. The van der Waals surface area contributed by atoms with Crippen LogP contribution in [0.4, 0.5) is 5.69 Å². The van der Waals surface area contributed by atoms with Crippen LogP contribution in [-0.2, 0) is 18.3 Å². The van der Waals surface area contributed by atoms with Crippen molar-refractivity contribution >= 4 is 28.8 Å². The van der Waals surface area contributed by atoms with Gasteiger partial charge in [-0.25, -0.2) is 9.67 Å². The Morgan fingerprint density at radius 2 is 1.75 bits per heavy atom. The summed E-state index contributed by atoms with van der Waals surface area (Å²) in [6.45, 7) is 9.25. The van der Waals surface area contributed by atoms with E-state index in [0.29, 0.717) is 26.8 Å². The number of aryl methyl sites for hydroxylation is 3. The van der Waals surface area contributed by atoms with Crippen molar-refractivity contribution in [2.75, 3.05) is 5.32 Å². The Morgan fingerprint density at radius 1 is 1.09 bits per heavy atom. The molecule has 0 bridgehead atoms. The summed E-state index contributed by atoms with van der Waals surface area (Å²) in [6, 6.07) is 7.24. The molecular weight excluding hydrogens is 426 g/mol. The first kappa shape index (κ1) is 23.3. The number of carbonyl (C=O) groups is 2. The highest BCUT2D eigenvalue weighted by Crippen LogP contribution is 2.29. The second-order valence-corrected chi connectivity index (χ2v) is 9.00. The lowest BCUT2D eigenvalue weighted by Crippen LogP contribution is -2.31. The summed E-state index contributed by atoms with van der Waals surface area (Å²) in [5.41, 5.74) is 3.75. The minimum atomic E-state index is -0.295. The molecule has 0 fully saturated rings. The summed E-state index contributed by atoms with van der Waals surface area (Å²) in [4.78, 5) is 42.3. The minimum absolute atomic E-state index is 0.0441. The normalized spacial score (nSPS) is 11.0. The predicted molar refractivity (Wildman–Crippen MR) is 126 cm³/mol. The van der Waals surface area contributed by atoms with Crippen LogP contribution in [0.25, 0.3) is 10.6 Å². The molecule has 3 rings (SSSR count). The molecule has 0 radical (unpaired) electrons. The number of nitrogens with zero attached hydrogens (tertiary/aromatic N) is 3. The second kappa shape index (κ2) is 9.44. The van der Waals surface area contributed by atoms with Gasteiger partial charge in [0.05, 0.1) is 23.4 Å². The lowest BCUT2D eigenvalue weighted by atomic mass is 10.1. The van der Waals surface area contributed by atoms with Gasteiger partial charge in [-0.15, -0.1) is 11.3 Å². The van der Waals surface area contributed by atoms with Crippen LogP contribution in [0.5, 0.6) is 0 Å². The molecule has 32 heavy (non-hydrogen) atoms. The quantitative estimate of drug-likeness (QED) is 0.596. The van der Waals surface area contributed by atoms with Gasteiger partial charge in [0.2, 0.25) is 5.91 Å². The van der Waals surface area contributed by atoms with Crippen LogP contribution in [0, 0.1) is 20.8 Å². The lowest BCUT2D eigenvalue weighted by molar-refractivity contribution is -0.120. The SMILES string of the molecule is Cc1nc(-c2c(C)c(C)nn(C)c2=O)sc1C(=O)Nc1ccc(CC(=O)NC(C)C)cc1. The summed E-state index contributed by atoms with van der Waals surface area (Å²) >= 11 is 1.19. The zero-order valence-electron chi connectivity index (χ0n) is 19.1. The fourth-order valence-electron chi connectivity index (χ4n) is 3.27. The van der Waals surface area contributed by atoms with Gasteiger partial charge in [-0.1, -0.05) is 12.1 Å². The van der Waals surface area contributed by atoms with Crippen LogP contribution >= 0.6 is 11.3 Å². The molecular formula is C23H27N5O3S. The zero-order chi connectivity index (χ0) is 23.6. The van der Waals surface area contributed by atoms with E-state index in [1.165, 1.54) is 16.0 Å². The topological polar surface area (TPSA) is 106 Å². The maximum Gasteiger partial charge on any atom is 0.277 e. The van der Waals surface area contributed by atoms with E-state index in [2.05, 4.69) is 20.7 Å². The summed E-state index contributed by atoms with van der Waals surface area (Å²) in [7, 11) is 1.60. The molecule has 2 aromatic heterocycles. The third kappa shape index (κ3) is 5.11. The maximum atomic E-state index is 12.9. The first-order valence-electron chi connectivity index (χ1n) is 10.3. The van der Waals surface area contributed by atoms with Gasteiger partial charge in [0.15, 0.2) is 0 Å². The van der Waals surface area contributed by atoms with E-state index >= 15 is 0 Å². The van der Waals surface area contributed by atoms with E-state index in [4.69, 9.17) is 0 Å². The molecule has 1 aromatic carbocycles. The van der Waals surface area contributed by atoms with Gasteiger partial charge < -0.3 is 10.6 Å². The number of rotatable bonds is 6. The van der Waals surface area contributed by atoms with Crippen LogP contribution in [0.1, 0.15) is 46.0 Å². The second-order valence-electron chi connectivity index (χ2n) is 8.00. The summed E-state index contributed by atoms with van der Waals surface area (Å²) < 4.78 is 1.29. The van der Waals surface area contributed by atoms with Gasteiger partial charge >= 0.3 is 0 Å². The number of amides is 2. The van der Waals surface area contributed by atoms with Crippen LogP contribution in [-0.4, -0.2) is 32.6 Å². The van der Waals surface area contributed by atoms with Crippen molar-refractivity contribution in [2.24, 2.45) is 7.05 Å². The molecule has 0 aliphatic rings. The Kier molecular flexibility index (Phi) is 6.88. The van der Waals surface area contributed by atoms with E-state index in [0.717, 1.165) is 16.8 Å². The molecule has 0 aliphatic carbocycles. The fraction of sp³-hybridized carbons (Fsp3) is 0.348. The van der Waals surface area contributed by atoms with Crippen molar-refractivity contribution in [3.05, 3.63) is 62.0 Å². The number of benzene rings is 1. The van der Waals surface area contributed by atoms with Crippen molar-refractivity contribution < 1.29 is 9.59 Å². The van der Waals surface area contributed by atoms with E-state index in [1.54, 1.807) is 26.1 Å². The molecule has 0 saturated carbocycles. The first-order valence-corrected chi connectivity index (χ1v) is 11.1. The van der Waals surface area contributed by atoms with E-state index in [-0.39, 0.29) is 29.8 Å². The molecule has 0 saturated heterocycles. The Balaban J connectivity index is 1.78. The summed E-state index contributed by atoms with van der Waals surface area (Å²) in [5, 5.41) is 10.4. The molecule has 0 atom stereocenters. The van der Waals surface area contributed by atoms with Gasteiger partial charge in [-0.05, 0) is 57.9 Å². The molecule has 2 N–H and O–H groups in total. The largest absolute Gasteiger partial charge is 0.354 e. The van der Waals surface area contributed by atoms with Crippen molar-refractivity contribution in [2.45, 2.75) is 47.1 Å². The Labute approximate surface area is 190 Å². The average Bonchev–Trinajstić information content (AvgIpc) is 3.09. The number of aromatic nitrogens is 3. The maximum absolute atomic E-state index is 12.9. The summed E-state index contributed by atoms with van der Waals surface area (Å²) in [6.07, 6.45) is 0.281. The number of hydrogen-bond donors (Lipinski definition) is 2. The van der Waals surface area contributed by atoms with E-state index in [9.17, 15) is 14.4 Å². The van der Waals surface area contributed by atoms with E-state index in [1.807, 2.05) is 39.8 Å². The van der Waals surface area contributed by atoms with Crippen LogP contribution in [0.3, 0.4) is 0 Å². The van der Waals surface area contributed by atoms with Crippen molar-refractivity contribution in [3.8, 4) is 10.6 Å². The predicted octanol–water partition coefficient (Wildman–Crippen LogP) is 3.15. The van der Waals surface area contributed by atoms with E-state index < -0.39 is 0 Å². The number of thiazole rings is 1. The number of hydrogen-bond acceptors (Lipinski definition) is 6. The molecule has 0 unspecified atom stereocenters. The number of anilines is 1. The van der Waals surface area contributed by atoms with Crippen molar-refractivity contribution in [1.82, 2.24) is 20.1 Å². The van der Waals surface area contributed by atoms with Crippen molar-refractivity contribution in [1.29, 1.82) is 0 Å². The molecule has 0 aliphatic heterocycles. The van der Waals surface area contributed by atoms with Gasteiger partial charge in [0, 0.05) is 18.8 Å². The monoisotopic (exact) mass is 453 g/mol. The molecule has 0 spiro atoms.